The Bertz CT molecular complexity index is 831. The van der Waals surface area contributed by atoms with Gasteiger partial charge >= 0.3 is 0 Å². The van der Waals surface area contributed by atoms with Gasteiger partial charge in [-0.25, -0.2) is 9.37 Å². The quantitative estimate of drug-likeness (QED) is 0.860. The molecule has 28 heavy (non-hydrogen) atoms. The number of benzene rings is 1. The number of amides is 2. The topological polar surface area (TPSA) is 65.5 Å². The van der Waals surface area contributed by atoms with Crippen LogP contribution in [0.5, 0.6) is 0 Å². The van der Waals surface area contributed by atoms with Crippen LogP contribution in [-0.4, -0.2) is 47.9 Å². The number of carbonyl (C=O) groups excluding carboxylic acids is 2. The third kappa shape index (κ3) is 5.06. The van der Waals surface area contributed by atoms with E-state index in [1.807, 2.05) is 24.8 Å². The highest BCUT2D eigenvalue weighted by molar-refractivity contribution is 6.04. The molecule has 1 fully saturated rings. The average molecular weight is 384 g/mol. The SMILES string of the molecule is CC(C)CC(=O)N1CCN(c2ccc(NC(=O)c3cccc(F)c3)cn2)CC1. The van der Waals surface area contributed by atoms with Crippen molar-refractivity contribution < 1.29 is 14.0 Å². The molecule has 3 rings (SSSR count). The maximum atomic E-state index is 13.2. The van der Waals surface area contributed by atoms with Crippen molar-refractivity contribution in [3.63, 3.8) is 0 Å². The monoisotopic (exact) mass is 384 g/mol. The molecule has 6 nitrogen and oxygen atoms in total. The van der Waals surface area contributed by atoms with Crippen molar-refractivity contribution in [1.29, 1.82) is 0 Å². The number of nitrogens with one attached hydrogen (secondary N) is 1. The van der Waals surface area contributed by atoms with Crippen LogP contribution < -0.4 is 10.2 Å². The van der Waals surface area contributed by atoms with Gasteiger partial charge in [0.2, 0.25) is 5.91 Å². The van der Waals surface area contributed by atoms with Crippen LogP contribution in [0.15, 0.2) is 42.6 Å². The van der Waals surface area contributed by atoms with Gasteiger partial charge in [0.05, 0.1) is 11.9 Å². The first kappa shape index (κ1) is 19.8. The number of aromatic nitrogens is 1. The van der Waals surface area contributed by atoms with Crippen LogP contribution in [0, 0.1) is 11.7 Å². The van der Waals surface area contributed by atoms with Crippen molar-refractivity contribution in [3.8, 4) is 0 Å². The summed E-state index contributed by atoms with van der Waals surface area (Å²) in [7, 11) is 0. The molecule has 1 aliphatic heterocycles. The minimum atomic E-state index is -0.452. The van der Waals surface area contributed by atoms with Crippen LogP contribution in [0.2, 0.25) is 0 Å². The normalized spacial score (nSPS) is 14.3. The molecule has 148 valence electrons. The first-order valence-electron chi connectivity index (χ1n) is 9.48. The van der Waals surface area contributed by atoms with Gasteiger partial charge in [-0.3, -0.25) is 9.59 Å². The number of pyridine rings is 1. The van der Waals surface area contributed by atoms with E-state index < -0.39 is 5.82 Å². The van der Waals surface area contributed by atoms with Gasteiger partial charge < -0.3 is 15.1 Å². The van der Waals surface area contributed by atoms with Gasteiger partial charge in [-0.05, 0) is 36.2 Å². The van der Waals surface area contributed by atoms with Gasteiger partial charge in [-0.15, -0.1) is 0 Å². The van der Waals surface area contributed by atoms with Crippen LogP contribution >= 0.6 is 0 Å². The molecule has 1 aliphatic rings. The first-order chi connectivity index (χ1) is 13.4. The summed E-state index contributed by atoms with van der Waals surface area (Å²) in [6, 6.07) is 9.15. The van der Waals surface area contributed by atoms with E-state index in [4.69, 9.17) is 0 Å². The van der Waals surface area contributed by atoms with Crippen molar-refractivity contribution in [1.82, 2.24) is 9.88 Å². The van der Waals surface area contributed by atoms with Crippen molar-refractivity contribution in [3.05, 3.63) is 54.0 Å². The highest BCUT2D eigenvalue weighted by Crippen LogP contribution is 2.18. The van der Waals surface area contributed by atoms with Crippen LogP contribution in [0.25, 0.3) is 0 Å². The molecule has 0 unspecified atom stereocenters. The number of nitrogens with zero attached hydrogens (tertiary/aromatic N) is 3. The second kappa shape index (κ2) is 8.82. The van der Waals surface area contributed by atoms with E-state index in [1.165, 1.54) is 18.2 Å². The second-order valence-corrected chi connectivity index (χ2v) is 7.34. The zero-order chi connectivity index (χ0) is 20.1. The number of rotatable bonds is 5. The summed E-state index contributed by atoms with van der Waals surface area (Å²) in [6.07, 6.45) is 2.17. The second-order valence-electron chi connectivity index (χ2n) is 7.34. The molecule has 0 spiro atoms. The summed E-state index contributed by atoms with van der Waals surface area (Å²) in [5.74, 6) is 0.540. The van der Waals surface area contributed by atoms with Crippen LogP contribution in [-0.2, 0) is 4.79 Å². The molecule has 1 saturated heterocycles. The molecule has 1 aromatic carbocycles. The van der Waals surface area contributed by atoms with E-state index in [1.54, 1.807) is 18.3 Å². The molecule has 1 aromatic heterocycles. The van der Waals surface area contributed by atoms with Gasteiger partial charge in [0.25, 0.3) is 5.91 Å². The number of anilines is 2. The van der Waals surface area contributed by atoms with E-state index >= 15 is 0 Å². The Balaban J connectivity index is 1.55. The maximum Gasteiger partial charge on any atom is 0.255 e. The first-order valence-corrected chi connectivity index (χ1v) is 9.48. The molecule has 0 saturated carbocycles. The molecule has 2 aromatic rings. The number of hydrogen-bond donors (Lipinski definition) is 1. The van der Waals surface area contributed by atoms with Gasteiger partial charge in [-0.1, -0.05) is 19.9 Å². The van der Waals surface area contributed by atoms with Gasteiger partial charge in [0.15, 0.2) is 0 Å². The standard InChI is InChI=1S/C21H25FN4O2/c1-15(2)12-20(27)26-10-8-25(9-11-26)19-7-6-18(14-23-19)24-21(28)16-4-3-5-17(22)13-16/h3-7,13-15H,8-12H2,1-2H3,(H,24,28). The lowest BCUT2D eigenvalue weighted by Gasteiger charge is -2.35. The van der Waals surface area contributed by atoms with E-state index in [2.05, 4.69) is 15.2 Å². The van der Waals surface area contributed by atoms with Crippen molar-refractivity contribution in [2.24, 2.45) is 5.92 Å². The zero-order valence-electron chi connectivity index (χ0n) is 16.2. The van der Waals surface area contributed by atoms with Crippen LogP contribution in [0.3, 0.4) is 0 Å². The molecule has 0 atom stereocenters. The summed E-state index contributed by atoms with van der Waals surface area (Å²) in [6.45, 7) is 6.92. The fraction of sp³-hybridized carbons (Fsp3) is 0.381. The Hall–Kier alpha value is -2.96. The third-order valence-electron chi connectivity index (χ3n) is 4.63. The number of piperazine rings is 1. The molecule has 2 heterocycles. The van der Waals surface area contributed by atoms with E-state index in [0.29, 0.717) is 31.1 Å². The molecule has 0 radical (unpaired) electrons. The molecule has 2 amide bonds. The average Bonchev–Trinajstić information content (AvgIpc) is 2.68. The van der Waals surface area contributed by atoms with Crippen molar-refractivity contribution in [2.45, 2.75) is 20.3 Å². The fourth-order valence-electron chi connectivity index (χ4n) is 3.14. The molecule has 1 N–H and O–H groups in total. The van der Waals surface area contributed by atoms with E-state index in [9.17, 15) is 14.0 Å². The van der Waals surface area contributed by atoms with E-state index in [0.717, 1.165) is 18.9 Å². The Morgan fingerprint density at radius 2 is 1.89 bits per heavy atom. The summed E-state index contributed by atoms with van der Waals surface area (Å²) in [4.78, 5) is 32.8. The Kier molecular flexibility index (Phi) is 6.23. The predicted octanol–water partition coefficient (Wildman–Crippen LogP) is 3.17. The lowest BCUT2D eigenvalue weighted by atomic mass is 10.1. The minimum Gasteiger partial charge on any atom is -0.353 e. The molecular weight excluding hydrogens is 359 g/mol. The number of hydrogen-bond acceptors (Lipinski definition) is 4. The van der Waals surface area contributed by atoms with E-state index in [-0.39, 0.29) is 17.4 Å². The highest BCUT2D eigenvalue weighted by Gasteiger charge is 2.22. The number of carbonyl (C=O) groups is 2. The molecule has 0 aliphatic carbocycles. The lowest BCUT2D eigenvalue weighted by Crippen LogP contribution is -2.49. The fourth-order valence-corrected chi connectivity index (χ4v) is 3.14. The Morgan fingerprint density at radius 3 is 2.50 bits per heavy atom. The van der Waals surface area contributed by atoms with Gasteiger partial charge in [0, 0.05) is 38.2 Å². The maximum absolute atomic E-state index is 13.2. The molecule has 0 bridgehead atoms. The van der Waals surface area contributed by atoms with Gasteiger partial charge in [0.1, 0.15) is 11.6 Å². The Morgan fingerprint density at radius 1 is 1.14 bits per heavy atom. The molecule has 7 heteroatoms. The smallest absolute Gasteiger partial charge is 0.255 e. The zero-order valence-corrected chi connectivity index (χ0v) is 16.2. The number of halogens is 1. The van der Waals surface area contributed by atoms with Crippen LogP contribution in [0.1, 0.15) is 30.6 Å². The lowest BCUT2D eigenvalue weighted by molar-refractivity contribution is -0.132. The highest BCUT2D eigenvalue weighted by atomic mass is 19.1. The molecular formula is C21H25FN4O2. The summed E-state index contributed by atoms with van der Waals surface area (Å²) in [5, 5.41) is 2.72. The summed E-state index contributed by atoms with van der Waals surface area (Å²) >= 11 is 0. The van der Waals surface area contributed by atoms with Crippen LogP contribution in [0.4, 0.5) is 15.9 Å². The van der Waals surface area contributed by atoms with Crippen molar-refractivity contribution >= 4 is 23.3 Å². The third-order valence-corrected chi connectivity index (χ3v) is 4.63. The summed E-state index contributed by atoms with van der Waals surface area (Å²) < 4.78 is 13.2. The minimum absolute atomic E-state index is 0.206. The Labute approximate surface area is 164 Å². The van der Waals surface area contributed by atoms with Gasteiger partial charge in [-0.2, -0.15) is 0 Å². The largest absolute Gasteiger partial charge is 0.353 e. The summed E-state index contributed by atoms with van der Waals surface area (Å²) in [5.41, 5.74) is 0.801. The van der Waals surface area contributed by atoms with Crippen molar-refractivity contribution in [2.75, 3.05) is 36.4 Å². The predicted molar refractivity (Wildman–Crippen MR) is 107 cm³/mol.